The number of ether oxygens (including phenoxy) is 2. The van der Waals surface area contributed by atoms with Crippen molar-refractivity contribution < 1.29 is 28.2 Å². The Morgan fingerprint density at radius 1 is 1.00 bits per heavy atom. The second-order valence-corrected chi connectivity index (χ2v) is 6.65. The molecule has 2 rings (SSSR count). The Morgan fingerprint density at radius 2 is 1.67 bits per heavy atom. The van der Waals surface area contributed by atoms with E-state index in [4.69, 9.17) is 9.47 Å². The predicted molar refractivity (Wildman–Crippen MR) is 110 cm³/mol. The molecule has 2 atom stereocenters. The first-order valence-corrected chi connectivity index (χ1v) is 9.84. The Hall–Kier alpha value is -3.22. The van der Waals surface area contributed by atoms with Gasteiger partial charge in [-0.15, -0.1) is 0 Å². The topological polar surface area (TPSA) is 81.7 Å². The summed E-state index contributed by atoms with van der Waals surface area (Å²) in [6, 6.07) is 12.5. The number of rotatable bonds is 9. The molecule has 6 nitrogen and oxygen atoms in total. The van der Waals surface area contributed by atoms with E-state index >= 15 is 0 Å². The molecule has 0 radical (unpaired) electrons. The molecule has 0 fully saturated rings. The summed E-state index contributed by atoms with van der Waals surface area (Å²) in [5.74, 6) is -3.07. The molecule has 2 aromatic rings. The van der Waals surface area contributed by atoms with E-state index in [1.165, 1.54) is 6.07 Å². The number of esters is 2. The average molecular weight is 415 g/mol. The van der Waals surface area contributed by atoms with Gasteiger partial charge in [-0.05, 0) is 38.0 Å². The molecule has 0 spiro atoms. The van der Waals surface area contributed by atoms with Crippen LogP contribution in [0.15, 0.2) is 48.5 Å². The lowest BCUT2D eigenvalue weighted by Gasteiger charge is -2.20. The average Bonchev–Trinajstić information content (AvgIpc) is 2.73. The third-order valence-corrected chi connectivity index (χ3v) is 4.53. The van der Waals surface area contributed by atoms with Crippen molar-refractivity contribution in [3.63, 3.8) is 0 Å². The predicted octanol–water partition coefficient (Wildman–Crippen LogP) is 3.60. The van der Waals surface area contributed by atoms with Gasteiger partial charge in [0.1, 0.15) is 11.9 Å². The molecule has 0 aliphatic rings. The molecule has 0 saturated carbocycles. The number of halogens is 1. The summed E-state index contributed by atoms with van der Waals surface area (Å²) in [6.45, 7) is 5.13. The molecule has 0 aromatic heterocycles. The number of hydrogen-bond acceptors (Lipinski definition) is 5. The van der Waals surface area contributed by atoms with Crippen molar-refractivity contribution in [1.29, 1.82) is 0 Å². The monoisotopic (exact) mass is 415 g/mol. The summed E-state index contributed by atoms with van der Waals surface area (Å²) < 4.78 is 24.4. The van der Waals surface area contributed by atoms with Crippen LogP contribution in [0.3, 0.4) is 0 Å². The van der Waals surface area contributed by atoms with Crippen LogP contribution in [0.2, 0.25) is 0 Å². The highest BCUT2D eigenvalue weighted by Crippen LogP contribution is 2.26. The fourth-order valence-corrected chi connectivity index (χ4v) is 2.92. The number of carbonyl (C=O) groups is 3. The minimum atomic E-state index is -1.17. The SMILES string of the molecule is CCOC(=O)C[C@H](NC(=O)C(C)c1ccc(-c2ccccc2)c(F)c1)C(=O)OCC. The quantitative estimate of drug-likeness (QED) is 0.633. The fourth-order valence-electron chi connectivity index (χ4n) is 2.92. The Bertz CT molecular complexity index is 884. The minimum Gasteiger partial charge on any atom is -0.466 e. The lowest BCUT2D eigenvalue weighted by atomic mass is 9.96. The van der Waals surface area contributed by atoms with E-state index in [9.17, 15) is 18.8 Å². The van der Waals surface area contributed by atoms with Crippen LogP contribution >= 0.6 is 0 Å². The van der Waals surface area contributed by atoms with Gasteiger partial charge in [-0.25, -0.2) is 9.18 Å². The molecule has 1 unspecified atom stereocenters. The van der Waals surface area contributed by atoms with Crippen LogP contribution < -0.4 is 5.32 Å². The lowest BCUT2D eigenvalue weighted by molar-refractivity contribution is -0.153. The molecule has 0 aliphatic carbocycles. The zero-order valence-corrected chi connectivity index (χ0v) is 17.3. The van der Waals surface area contributed by atoms with Crippen molar-refractivity contribution >= 4 is 17.8 Å². The molecule has 30 heavy (non-hydrogen) atoms. The second-order valence-electron chi connectivity index (χ2n) is 6.65. The third kappa shape index (κ3) is 6.14. The van der Waals surface area contributed by atoms with Crippen LogP contribution in [-0.4, -0.2) is 37.1 Å². The maximum atomic E-state index is 14.6. The maximum Gasteiger partial charge on any atom is 0.329 e. The van der Waals surface area contributed by atoms with Crippen molar-refractivity contribution in [1.82, 2.24) is 5.32 Å². The van der Waals surface area contributed by atoms with Gasteiger partial charge in [0.05, 0.1) is 25.6 Å². The molecule has 160 valence electrons. The van der Waals surface area contributed by atoms with Crippen LogP contribution in [0.4, 0.5) is 4.39 Å². The van der Waals surface area contributed by atoms with E-state index < -0.39 is 35.6 Å². The van der Waals surface area contributed by atoms with Crippen LogP contribution in [0.1, 0.15) is 38.7 Å². The third-order valence-electron chi connectivity index (χ3n) is 4.53. The molecule has 2 aromatic carbocycles. The van der Waals surface area contributed by atoms with E-state index in [1.807, 2.05) is 18.2 Å². The van der Waals surface area contributed by atoms with Crippen LogP contribution in [0, 0.1) is 5.82 Å². The maximum absolute atomic E-state index is 14.6. The van der Waals surface area contributed by atoms with E-state index in [2.05, 4.69) is 5.32 Å². The molecule has 0 bridgehead atoms. The molecule has 0 saturated heterocycles. The molecule has 1 amide bonds. The van der Waals surface area contributed by atoms with Gasteiger partial charge in [0.2, 0.25) is 5.91 Å². The Morgan fingerprint density at radius 3 is 2.27 bits per heavy atom. The van der Waals surface area contributed by atoms with Gasteiger partial charge in [-0.1, -0.05) is 42.5 Å². The smallest absolute Gasteiger partial charge is 0.329 e. The second kappa shape index (κ2) is 11.1. The Balaban J connectivity index is 2.15. The fraction of sp³-hybridized carbons (Fsp3) is 0.348. The van der Waals surface area contributed by atoms with E-state index in [0.717, 1.165) is 5.56 Å². The van der Waals surface area contributed by atoms with E-state index in [-0.39, 0.29) is 19.6 Å². The van der Waals surface area contributed by atoms with Crippen LogP contribution in [0.25, 0.3) is 11.1 Å². The van der Waals surface area contributed by atoms with Gasteiger partial charge in [0.15, 0.2) is 0 Å². The van der Waals surface area contributed by atoms with Crippen LogP contribution in [0.5, 0.6) is 0 Å². The van der Waals surface area contributed by atoms with E-state index in [1.54, 1.807) is 45.0 Å². The highest BCUT2D eigenvalue weighted by Gasteiger charge is 2.28. The zero-order chi connectivity index (χ0) is 22.1. The first-order chi connectivity index (χ1) is 14.4. The summed E-state index contributed by atoms with van der Waals surface area (Å²) >= 11 is 0. The molecule has 7 heteroatoms. The summed E-state index contributed by atoms with van der Waals surface area (Å²) in [4.78, 5) is 36.6. The highest BCUT2D eigenvalue weighted by atomic mass is 19.1. The summed E-state index contributed by atoms with van der Waals surface area (Å²) in [5.41, 5.74) is 1.61. The summed E-state index contributed by atoms with van der Waals surface area (Å²) in [7, 11) is 0. The normalized spacial score (nSPS) is 12.5. The summed E-state index contributed by atoms with van der Waals surface area (Å²) in [5, 5.41) is 2.52. The number of carbonyl (C=O) groups excluding carboxylic acids is 3. The van der Waals surface area contributed by atoms with Crippen molar-refractivity contribution in [2.24, 2.45) is 0 Å². The molecule has 1 N–H and O–H groups in total. The van der Waals surface area contributed by atoms with Gasteiger partial charge in [0.25, 0.3) is 0 Å². The largest absolute Gasteiger partial charge is 0.466 e. The number of benzene rings is 2. The van der Waals surface area contributed by atoms with Crippen molar-refractivity contribution in [2.45, 2.75) is 39.2 Å². The van der Waals surface area contributed by atoms with Gasteiger partial charge < -0.3 is 14.8 Å². The van der Waals surface area contributed by atoms with Gasteiger partial charge in [-0.3, -0.25) is 9.59 Å². The van der Waals surface area contributed by atoms with Crippen LogP contribution in [-0.2, 0) is 23.9 Å². The Labute approximate surface area is 175 Å². The Kier molecular flexibility index (Phi) is 8.53. The number of amides is 1. The number of nitrogens with one attached hydrogen (secondary N) is 1. The van der Waals surface area contributed by atoms with Crippen molar-refractivity contribution in [3.8, 4) is 11.1 Å². The number of hydrogen-bond donors (Lipinski definition) is 1. The van der Waals surface area contributed by atoms with Crippen molar-refractivity contribution in [3.05, 3.63) is 59.9 Å². The summed E-state index contributed by atoms with van der Waals surface area (Å²) in [6.07, 6.45) is -0.341. The van der Waals surface area contributed by atoms with Crippen molar-refractivity contribution in [2.75, 3.05) is 13.2 Å². The minimum absolute atomic E-state index is 0.107. The van der Waals surface area contributed by atoms with Gasteiger partial charge in [0, 0.05) is 5.56 Å². The first-order valence-electron chi connectivity index (χ1n) is 9.84. The molecular weight excluding hydrogens is 389 g/mol. The highest BCUT2D eigenvalue weighted by molar-refractivity contribution is 5.90. The molecule has 0 heterocycles. The van der Waals surface area contributed by atoms with Gasteiger partial charge >= 0.3 is 11.9 Å². The lowest BCUT2D eigenvalue weighted by Crippen LogP contribution is -2.45. The first kappa shape index (κ1) is 23.1. The molecular formula is C23H26FNO5. The standard InChI is InChI=1S/C23H26FNO5/c1-4-29-21(26)14-20(23(28)30-5-2)25-22(27)15(3)17-11-12-18(19(24)13-17)16-9-7-6-8-10-16/h6-13,15,20H,4-5,14H2,1-3H3,(H,25,27)/t15?,20-/m0/s1. The van der Waals surface area contributed by atoms with Gasteiger partial charge in [-0.2, -0.15) is 0 Å². The van der Waals surface area contributed by atoms with E-state index in [0.29, 0.717) is 11.1 Å². The zero-order valence-electron chi connectivity index (χ0n) is 17.3. The molecule has 0 aliphatic heterocycles.